The SMILES string of the molecule is CCCC/C=C/CCCCCCCCOC(=O)CCC(=O)OCCCCCCCC/C=C/CCCC. The average molecular weight is 507 g/mol. The van der Waals surface area contributed by atoms with E-state index in [1.165, 1.54) is 103 Å². The number of hydrogen-bond acceptors (Lipinski definition) is 4. The number of unbranched alkanes of at least 4 members (excludes halogenated alkanes) is 16. The molecule has 210 valence electrons. The molecule has 0 aromatic carbocycles. The second kappa shape index (κ2) is 29.6. The van der Waals surface area contributed by atoms with Gasteiger partial charge in [0.2, 0.25) is 0 Å². The van der Waals surface area contributed by atoms with E-state index in [2.05, 4.69) is 38.2 Å². The van der Waals surface area contributed by atoms with Crippen LogP contribution in [0.15, 0.2) is 24.3 Å². The molecule has 0 N–H and O–H groups in total. The summed E-state index contributed by atoms with van der Waals surface area (Å²) >= 11 is 0. The monoisotopic (exact) mass is 506 g/mol. The predicted octanol–water partition coefficient (Wildman–Crippen LogP) is 9.81. The lowest BCUT2D eigenvalue weighted by molar-refractivity contribution is -0.150. The van der Waals surface area contributed by atoms with E-state index >= 15 is 0 Å². The van der Waals surface area contributed by atoms with Crippen molar-refractivity contribution in [2.45, 2.75) is 155 Å². The zero-order valence-corrected chi connectivity index (χ0v) is 23.9. The highest BCUT2D eigenvalue weighted by Gasteiger charge is 2.09. The summed E-state index contributed by atoms with van der Waals surface area (Å²) in [6.45, 7) is 5.38. The molecule has 0 rings (SSSR count). The summed E-state index contributed by atoms with van der Waals surface area (Å²) in [5, 5.41) is 0. The lowest BCUT2D eigenvalue weighted by Gasteiger charge is -2.06. The molecule has 0 unspecified atom stereocenters. The van der Waals surface area contributed by atoms with E-state index in [4.69, 9.17) is 9.47 Å². The zero-order valence-electron chi connectivity index (χ0n) is 23.9. The van der Waals surface area contributed by atoms with Gasteiger partial charge >= 0.3 is 11.9 Å². The van der Waals surface area contributed by atoms with Crippen LogP contribution in [0.1, 0.15) is 155 Å². The van der Waals surface area contributed by atoms with Gasteiger partial charge in [0.15, 0.2) is 0 Å². The quantitative estimate of drug-likeness (QED) is 0.0632. The number of carbonyl (C=O) groups is 2. The van der Waals surface area contributed by atoms with Crippen LogP contribution in [0.5, 0.6) is 0 Å². The normalized spacial score (nSPS) is 11.5. The van der Waals surface area contributed by atoms with Crippen molar-refractivity contribution in [3.63, 3.8) is 0 Å². The first-order valence-corrected chi connectivity index (χ1v) is 15.3. The van der Waals surface area contributed by atoms with Gasteiger partial charge < -0.3 is 9.47 Å². The number of allylic oxidation sites excluding steroid dienone is 4. The van der Waals surface area contributed by atoms with Crippen molar-refractivity contribution in [1.82, 2.24) is 0 Å². The molecule has 0 amide bonds. The molecule has 0 aliphatic heterocycles. The maximum Gasteiger partial charge on any atom is 0.306 e. The Morgan fingerprint density at radius 3 is 1.11 bits per heavy atom. The fourth-order valence-corrected chi connectivity index (χ4v) is 3.98. The highest BCUT2D eigenvalue weighted by molar-refractivity contribution is 5.77. The molecular weight excluding hydrogens is 448 g/mol. The summed E-state index contributed by atoms with van der Waals surface area (Å²) in [6.07, 6.45) is 33.4. The largest absolute Gasteiger partial charge is 0.466 e. The summed E-state index contributed by atoms with van der Waals surface area (Å²) in [5.74, 6) is -0.580. The van der Waals surface area contributed by atoms with Gasteiger partial charge in [-0.1, -0.05) is 115 Å². The van der Waals surface area contributed by atoms with Crippen molar-refractivity contribution >= 4 is 11.9 Å². The third-order valence-corrected chi connectivity index (χ3v) is 6.37. The molecule has 0 aromatic rings. The molecule has 0 bridgehead atoms. The van der Waals surface area contributed by atoms with Crippen molar-refractivity contribution < 1.29 is 19.1 Å². The molecule has 4 nitrogen and oxygen atoms in total. The molecule has 0 spiro atoms. The van der Waals surface area contributed by atoms with E-state index in [0.29, 0.717) is 13.2 Å². The van der Waals surface area contributed by atoms with Gasteiger partial charge in [-0.25, -0.2) is 0 Å². The van der Waals surface area contributed by atoms with Crippen molar-refractivity contribution in [2.24, 2.45) is 0 Å². The standard InChI is InChI=1S/C32H58O4/c1-3-5-7-9-11-13-15-17-19-21-23-25-29-35-31(33)27-28-32(34)36-30-26-24-22-20-18-16-14-12-10-8-6-4-2/h9-12H,3-8,13-30H2,1-2H3/b11-9+,12-10+. The molecule has 36 heavy (non-hydrogen) atoms. The molecular formula is C32H58O4. The minimum absolute atomic E-state index is 0.123. The second-order valence-electron chi connectivity index (χ2n) is 9.99. The van der Waals surface area contributed by atoms with E-state index in [0.717, 1.165) is 25.7 Å². The Balaban J connectivity index is 3.34. The van der Waals surface area contributed by atoms with Gasteiger partial charge in [-0.2, -0.15) is 0 Å². The summed E-state index contributed by atoms with van der Waals surface area (Å²) in [5.41, 5.74) is 0. The van der Waals surface area contributed by atoms with E-state index in [1.807, 2.05) is 0 Å². The number of rotatable bonds is 27. The highest BCUT2D eigenvalue weighted by Crippen LogP contribution is 2.10. The van der Waals surface area contributed by atoms with Gasteiger partial charge in [0.05, 0.1) is 26.1 Å². The van der Waals surface area contributed by atoms with Gasteiger partial charge in [-0.15, -0.1) is 0 Å². The van der Waals surface area contributed by atoms with Crippen LogP contribution in [0.3, 0.4) is 0 Å². The third kappa shape index (κ3) is 28.7. The number of esters is 2. The van der Waals surface area contributed by atoms with E-state index < -0.39 is 0 Å². The Kier molecular flexibility index (Phi) is 28.3. The molecule has 0 atom stereocenters. The molecule has 0 heterocycles. The minimum atomic E-state index is -0.290. The Morgan fingerprint density at radius 1 is 0.444 bits per heavy atom. The van der Waals surface area contributed by atoms with Crippen LogP contribution in [0.25, 0.3) is 0 Å². The molecule has 4 heteroatoms. The highest BCUT2D eigenvalue weighted by atomic mass is 16.5. The molecule has 0 saturated heterocycles. The number of ether oxygens (including phenoxy) is 2. The summed E-state index contributed by atoms with van der Waals surface area (Å²) < 4.78 is 10.5. The smallest absolute Gasteiger partial charge is 0.306 e. The molecule has 0 saturated carbocycles. The van der Waals surface area contributed by atoms with Crippen LogP contribution in [-0.4, -0.2) is 25.2 Å². The maximum absolute atomic E-state index is 11.8. The summed E-state index contributed by atoms with van der Waals surface area (Å²) in [4.78, 5) is 23.6. The first kappa shape index (κ1) is 34.4. The van der Waals surface area contributed by atoms with Gasteiger partial charge in [0.25, 0.3) is 0 Å². The topological polar surface area (TPSA) is 52.6 Å². The second-order valence-corrected chi connectivity index (χ2v) is 9.99. The minimum Gasteiger partial charge on any atom is -0.466 e. The van der Waals surface area contributed by atoms with Gasteiger partial charge in [-0.3, -0.25) is 9.59 Å². The molecule has 0 aliphatic rings. The number of hydrogen-bond donors (Lipinski definition) is 0. The van der Waals surface area contributed by atoms with Gasteiger partial charge in [-0.05, 0) is 51.4 Å². The van der Waals surface area contributed by atoms with Crippen molar-refractivity contribution in [3.05, 3.63) is 24.3 Å². The molecule has 0 radical (unpaired) electrons. The van der Waals surface area contributed by atoms with Crippen molar-refractivity contribution in [2.75, 3.05) is 13.2 Å². The van der Waals surface area contributed by atoms with Crippen LogP contribution in [-0.2, 0) is 19.1 Å². The van der Waals surface area contributed by atoms with Crippen LogP contribution in [0, 0.1) is 0 Å². The Hall–Kier alpha value is -1.58. The lowest BCUT2D eigenvalue weighted by Crippen LogP contribution is -2.11. The predicted molar refractivity (Wildman–Crippen MR) is 153 cm³/mol. The Bertz CT molecular complexity index is 490. The van der Waals surface area contributed by atoms with Gasteiger partial charge in [0.1, 0.15) is 0 Å². The Morgan fingerprint density at radius 2 is 0.750 bits per heavy atom. The average Bonchev–Trinajstić information content (AvgIpc) is 2.88. The fraction of sp³-hybridized carbons (Fsp3) is 0.812. The van der Waals surface area contributed by atoms with Crippen LogP contribution >= 0.6 is 0 Å². The van der Waals surface area contributed by atoms with Crippen LogP contribution in [0.4, 0.5) is 0 Å². The molecule has 0 aromatic heterocycles. The van der Waals surface area contributed by atoms with E-state index in [-0.39, 0.29) is 24.8 Å². The summed E-state index contributed by atoms with van der Waals surface area (Å²) in [6, 6.07) is 0. The summed E-state index contributed by atoms with van der Waals surface area (Å²) in [7, 11) is 0. The lowest BCUT2D eigenvalue weighted by atomic mass is 10.1. The van der Waals surface area contributed by atoms with Gasteiger partial charge in [0, 0.05) is 0 Å². The van der Waals surface area contributed by atoms with Crippen LogP contribution < -0.4 is 0 Å². The maximum atomic E-state index is 11.8. The van der Waals surface area contributed by atoms with Crippen molar-refractivity contribution in [1.29, 1.82) is 0 Å². The number of carbonyl (C=O) groups excluding carboxylic acids is 2. The van der Waals surface area contributed by atoms with Crippen molar-refractivity contribution in [3.8, 4) is 0 Å². The van der Waals surface area contributed by atoms with E-state index in [1.54, 1.807) is 0 Å². The Labute approximate surface area is 223 Å². The molecule has 0 fully saturated rings. The third-order valence-electron chi connectivity index (χ3n) is 6.37. The fourth-order valence-electron chi connectivity index (χ4n) is 3.98. The molecule has 0 aliphatic carbocycles. The first-order chi connectivity index (χ1) is 17.7. The first-order valence-electron chi connectivity index (χ1n) is 15.3. The zero-order chi connectivity index (χ0) is 26.4. The van der Waals surface area contributed by atoms with Crippen LogP contribution in [0.2, 0.25) is 0 Å². The van der Waals surface area contributed by atoms with E-state index in [9.17, 15) is 9.59 Å².